The predicted molar refractivity (Wildman–Crippen MR) is 146 cm³/mol. The number of ether oxygens (including phenoxy) is 2. The number of hydrogen-bond donors (Lipinski definition) is 0. The molecule has 0 amide bonds. The predicted octanol–water partition coefficient (Wildman–Crippen LogP) is 6.37. The van der Waals surface area contributed by atoms with Gasteiger partial charge >= 0.3 is 6.02 Å². The van der Waals surface area contributed by atoms with E-state index in [0.29, 0.717) is 17.2 Å². The van der Waals surface area contributed by atoms with Crippen LogP contribution in [0.1, 0.15) is 22.7 Å². The van der Waals surface area contributed by atoms with Crippen LogP contribution in [0.5, 0.6) is 5.75 Å². The van der Waals surface area contributed by atoms with E-state index in [9.17, 15) is 8.42 Å². The Hall–Kier alpha value is -4.36. The molecule has 1 atom stereocenters. The molecule has 0 aromatic heterocycles. The molecule has 0 N–H and O–H groups in total. The fourth-order valence-corrected chi connectivity index (χ4v) is 5.07. The molecular weight excluding hydrogens is 484 g/mol. The second-order valence-electron chi connectivity index (χ2n) is 8.60. The number of aryl methyl sites for hydroxylation is 1. The van der Waals surface area contributed by atoms with Gasteiger partial charge in [0.2, 0.25) is 0 Å². The summed E-state index contributed by atoms with van der Waals surface area (Å²) in [4.78, 5) is 1.90. The van der Waals surface area contributed by atoms with Gasteiger partial charge in [-0.25, -0.2) is 0 Å². The van der Waals surface area contributed by atoms with Crippen LogP contribution < -0.4 is 9.64 Å². The molecule has 1 saturated heterocycles. The van der Waals surface area contributed by atoms with E-state index in [1.54, 1.807) is 36.3 Å². The molecule has 0 aliphatic carbocycles. The van der Waals surface area contributed by atoms with Gasteiger partial charge in [0, 0.05) is 5.69 Å². The van der Waals surface area contributed by atoms with Crippen LogP contribution in [0, 0.1) is 6.92 Å². The molecule has 0 spiro atoms. The van der Waals surface area contributed by atoms with Gasteiger partial charge in [-0.1, -0.05) is 78.4 Å². The van der Waals surface area contributed by atoms with Crippen molar-refractivity contribution < 1.29 is 17.9 Å². The average Bonchev–Trinajstić information content (AvgIpc) is 3.26. The maximum absolute atomic E-state index is 13.4. The lowest BCUT2D eigenvalue weighted by Gasteiger charge is -2.24. The minimum atomic E-state index is -4.05. The minimum absolute atomic E-state index is 0.0261. The van der Waals surface area contributed by atoms with E-state index in [0.717, 1.165) is 16.7 Å². The first kappa shape index (κ1) is 24.3. The molecule has 7 heteroatoms. The fraction of sp³-hybridized carbons (Fsp3) is 0.100. The van der Waals surface area contributed by atoms with Crippen LogP contribution in [0.2, 0.25) is 0 Å². The molecule has 186 valence electrons. The summed E-state index contributed by atoms with van der Waals surface area (Å²) in [5.74, 6) is 1.25. The largest absolute Gasteiger partial charge is 0.497 e. The highest BCUT2D eigenvalue weighted by Gasteiger charge is 2.40. The van der Waals surface area contributed by atoms with Crippen molar-refractivity contribution in [2.75, 3.05) is 12.0 Å². The zero-order chi connectivity index (χ0) is 25.8. The second-order valence-corrected chi connectivity index (χ2v) is 10.2. The lowest BCUT2D eigenvalue weighted by Crippen LogP contribution is -2.29. The third kappa shape index (κ3) is 5.27. The van der Waals surface area contributed by atoms with Crippen LogP contribution in [0.3, 0.4) is 0 Å². The first-order valence-corrected chi connectivity index (χ1v) is 13.2. The van der Waals surface area contributed by atoms with Crippen molar-refractivity contribution in [3.63, 3.8) is 0 Å². The minimum Gasteiger partial charge on any atom is -0.497 e. The highest BCUT2D eigenvalue weighted by atomic mass is 32.2. The van der Waals surface area contributed by atoms with E-state index >= 15 is 0 Å². The van der Waals surface area contributed by atoms with Crippen molar-refractivity contribution in [2.24, 2.45) is 4.40 Å². The van der Waals surface area contributed by atoms with Gasteiger partial charge < -0.3 is 9.47 Å². The Morgan fingerprint density at radius 1 is 0.838 bits per heavy atom. The Bertz CT molecular complexity index is 1530. The van der Waals surface area contributed by atoms with Gasteiger partial charge in [0.1, 0.15) is 17.6 Å². The molecule has 1 aliphatic rings. The molecule has 0 saturated carbocycles. The van der Waals surface area contributed by atoms with E-state index in [1.807, 2.05) is 97.9 Å². The zero-order valence-electron chi connectivity index (χ0n) is 20.5. The van der Waals surface area contributed by atoms with Crippen LogP contribution >= 0.6 is 0 Å². The summed E-state index contributed by atoms with van der Waals surface area (Å²) in [6, 6.07) is 33.1. The van der Waals surface area contributed by atoms with E-state index in [2.05, 4.69) is 4.40 Å². The first-order valence-electron chi connectivity index (χ1n) is 11.8. The Morgan fingerprint density at radius 2 is 1.46 bits per heavy atom. The van der Waals surface area contributed by atoms with Crippen LogP contribution in [-0.4, -0.2) is 21.5 Å². The van der Waals surface area contributed by atoms with Gasteiger partial charge in [-0.3, -0.25) is 4.90 Å². The number of sulfonamides is 1. The number of anilines is 1. The van der Waals surface area contributed by atoms with Crippen LogP contribution in [-0.2, 0) is 14.8 Å². The number of nitrogens with zero attached hydrogens (tertiary/aromatic N) is 2. The average molecular weight is 511 g/mol. The van der Waals surface area contributed by atoms with Crippen molar-refractivity contribution in [1.29, 1.82) is 0 Å². The molecular formula is C30H26N2O4S. The van der Waals surface area contributed by atoms with Crippen molar-refractivity contribution in [1.82, 2.24) is 0 Å². The summed E-state index contributed by atoms with van der Waals surface area (Å²) in [6.45, 7) is 1.90. The molecule has 1 aliphatic heterocycles. The maximum Gasteiger partial charge on any atom is 0.314 e. The summed E-state index contributed by atoms with van der Waals surface area (Å²) >= 11 is 0. The van der Waals surface area contributed by atoms with Gasteiger partial charge in [-0.2, -0.15) is 8.42 Å². The second kappa shape index (κ2) is 10.3. The molecule has 0 unspecified atom stereocenters. The highest BCUT2D eigenvalue weighted by Crippen LogP contribution is 2.41. The van der Waals surface area contributed by atoms with E-state index < -0.39 is 16.1 Å². The standard InChI is InChI=1S/C30H26N2O4S/c1-22-13-19-27(20-14-22)37(33,34)31-30-32(25-15-17-26(35-2)18-16-25)29(24-11-7-4-8-12-24)28(36-30)21-23-9-5-3-6-10-23/h3-21,29H,1-2H3/b28-21-,31-30-/t29-/m1/s1. The van der Waals surface area contributed by atoms with Gasteiger partial charge in [-0.15, -0.1) is 4.40 Å². The summed E-state index contributed by atoms with van der Waals surface area (Å²) in [5.41, 5.74) is 3.53. The Morgan fingerprint density at radius 3 is 2.08 bits per heavy atom. The Labute approximate surface area is 217 Å². The number of amidine groups is 1. The quantitative estimate of drug-likeness (QED) is 0.302. The van der Waals surface area contributed by atoms with Crippen LogP contribution in [0.4, 0.5) is 5.69 Å². The third-order valence-electron chi connectivity index (χ3n) is 6.03. The molecule has 6 nitrogen and oxygen atoms in total. The number of hydrogen-bond acceptors (Lipinski definition) is 4. The summed E-state index contributed by atoms with van der Waals surface area (Å²) < 4.78 is 42.5. The molecule has 37 heavy (non-hydrogen) atoms. The molecule has 0 radical (unpaired) electrons. The molecule has 1 fully saturated rings. The van der Waals surface area contributed by atoms with Crippen molar-refractivity contribution in [3.8, 4) is 5.75 Å². The molecule has 1 heterocycles. The van der Waals surface area contributed by atoms with Crippen molar-refractivity contribution >= 4 is 27.8 Å². The number of methoxy groups -OCH3 is 1. The summed E-state index contributed by atoms with van der Waals surface area (Å²) in [7, 11) is -2.45. The highest BCUT2D eigenvalue weighted by molar-refractivity contribution is 7.90. The van der Waals surface area contributed by atoms with E-state index in [1.165, 1.54) is 0 Å². The Balaban J connectivity index is 1.69. The van der Waals surface area contributed by atoms with E-state index in [-0.39, 0.29) is 10.9 Å². The van der Waals surface area contributed by atoms with E-state index in [4.69, 9.17) is 9.47 Å². The van der Waals surface area contributed by atoms with Gasteiger partial charge in [0.05, 0.1) is 12.0 Å². The number of benzene rings is 4. The maximum atomic E-state index is 13.4. The normalized spacial score (nSPS) is 17.7. The molecule has 5 rings (SSSR count). The van der Waals surface area contributed by atoms with Gasteiger partial charge in [-0.05, 0) is 60.5 Å². The summed E-state index contributed by atoms with van der Waals surface area (Å²) in [5, 5.41) is 0. The molecule has 0 bridgehead atoms. The van der Waals surface area contributed by atoms with Crippen LogP contribution in [0.15, 0.2) is 124 Å². The SMILES string of the molecule is COc1ccc(N2/C(=N/S(=O)(=O)c3ccc(C)cc3)O/C(=C\c3ccccc3)[C@H]2c2ccccc2)cc1. The van der Waals surface area contributed by atoms with Gasteiger partial charge in [0.15, 0.2) is 0 Å². The van der Waals surface area contributed by atoms with Gasteiger partial charge in [0.25, 0.3) is 10.0 Å². The lowest BCUT2D eigenvalue weighted by molar-refractivity contribution is 0.415. The first-order chi connectivity index (χ1) is 17.9. The Kier molecular flexibility index (Phi) is 6.79. The monoisotopic (exact) mass is 510 g/mol. The van der Waals surface area contributed by atoms with Crippen molar-refractivity contribution in [3.05, 3.63) is 132 Å². The molecule has 4 aromatic carbocycles. The third-order valence-corrected chi connectivity index (χ3v) is 7.30. The summed E-state index contributed by atoms with van der Waals surface area (Å²) in [6.07, 6.45) is 1.91. The molecule has 4 aromatic rings. The fourth-order valence-electron chi connectivity index (χ4n) is 4.15. The topological polar surface area (TPSA) is 68.2 Å². The lowest BCUT2D eigenvalue weighted by atomic mass is 10.0. The van der Waals surface area contributed by atoms with Crippen LogP contribution in [0.25, 0.3) is 6.08 Å². The zero-order valence-corrected chi connectivity index (χ0v) is 21.3. The number of rotatable bonds is 6. The smallest absolute Gasteiger partial charge is 0.314 e. The van der Waals surface area contributed by atoms with Crippen molar-refractivity contribution in [2.45, 2.75) is 17.9 Å².